The molecule has 0 radical (unpaired) electrons. The third kappa shape index (κ3) is 4.27. The van der Waals surface area contributed by atoms with Crippen molar-refractivity contribution in [3.8, 4) is 0 Å². The molecule has 0 aliphatic heterocycles. The minimum Gasteiger partial charge on any atom is -0.395 e. The van der Waals surface area contributed by atoms with Crippen LogP contribution in [0, 0.1) is 22.6 Å². The molecular formula is C16H22ClFN2O. The molecule has 0 aliphatic rings. The lowest BCUT2D eigenvalue weighted by molar-refractivity contribution is 0.0803. The largest absolute Gasteiger partial charge is 0.395 e. The number of nitrogen functional groups attached to an aromatic ring is 1. The standard InChI is InChI=1S/C16H22ClFN2O/c1-10(2)4-5-16(3,6-7-19)15(21)11-8-12(17)14(20)13(18)9-11/h7-10,19H,4-6,20H2,1-3H3/t16-/m1/s1. The molecule has 116 valence electrons. The number of benzene rings is 1. The molecule has 3 nitrogen and oxygen atoms in total. The highest BCUT2D eigenvalue weighted by Crippen LogP contribution is 2.34. The Bertz CT molecular complexity index is 522. The molecule has 0 fully saturated rings. The first-order valence-electron chi connectivity index (χ1n) is 6.99. The molecule has 0 bridgehead atoms. The van der Waals surface area contributed by atoms with Gasteiger partial charge in [0.25, 0.3) is 0 Å². The number of hydrogen-bond donors (Lipinski definition) is 2. The molecule has 21 heavy (non-hydrogen) atoms. The van der Waals surface area contributed by atoms with Gasteiger partial charge in [-0.2, -0.15) is 0 Å². The van der Waals surface area contributed by atoms with E-state index in [0.717, 1.165) is 12.5 Å². The summed E-state index contributed by atoms with van der Waals surface area (Å²) < 4.78 is 13.7. The van der Waals surface area contributed by atoms with Gasteiger partial charge in [-0.1, -0.05) is 38.8 Å². The van der Waals surface area contributed by atoms with Gasteiger partial charge in [-0.15, -0.1) is 0 Å². The van der Waals surface area contributed by atoms with Gasteiger partial charge >= 0.3 is 0 Å². The van der Waals surface area contributed by atoms with Crippen molar-refractivity contribution < 1.29 is 9.18 Å². The van der Waals surface area contributed by atoms with Crippen LogP contribution in [0.3, 0.4) is 0 Å². The smallest absolute Gasteiger partial charge is 0.169 e. The van der Waals surface area contributed by atoms with E-state index >= 15 is 0 Å². The summed E-state index contributed by atoms with van der Waals surface area (Å²) in [6, 6.07) is 2.53. The highest BCUT2D eigenvalue weighted by atomic mass is 35.5. The molecule has 0 saturated heterocycles. The maximum atomic E-state index is 13.7. The average Bonchev–Trinajstić information content (AvgIpc) is 2.41. The van der Waals surface area contributed by atoms with Gasteiger partial charge in [0, 0.05) is 11.0 Å². The van der Waals surface area contributed by atoms with Crippen molar-refractivity contribution in [1.82, 2.24) is 0 Å². The second-order valence-electron chi connectivity index (χ2n) is 6.08. The van der Waals surface area contributed by atoms with Crippen molar-refractivity contribution in [3.63, 3.8) is 0 Å². The van der Waals surface area contributed by atoms with E-state index in [2.05, 4.69) is 13.8 Å². The summed E-state index contributed by atoms with van der Waals surface area (Å²) in [6.07, 6.45) is 3.05. The topological polar surface area (TPSA) is 66.9 Å². The summed E-state index contributed by atoms with van der Waals surface area (Å²) in [7, 11) is 0. The Morgan fingerprint density at radius 3 is 2.62 bits per heavy atom. The molecule has 0 heterocycles. The molecule has 0 amide bonds. The molecule has 5 heteroatoms. The van der Waals surface area contributed by atoms with E-state index in [-0.39, 0.29) is 22.1 Å². The fourth-order valence-electron chi connectivity index (χ4n) is 2.20. The molecule has 1 atom stereocenters. The predicted molar refractivity (Wildman–Crippen MR) is 85.7 cm³/mol. The summed E-state index contributed by atoms with van der Waals surface area (Å²) >= 11 is 5.86. The number of rotatable bonds is 7. The molecular weight excluding hydrogens is 291 g/mol. The Hall–Kier alpha value is -1.42. The van der Waals surface area contributed by atoms with Crippen molar-refractivity contribution in [3.05, 3.63) is 28.5 Å². The first-order chi connectivity index (χ1) is 9.71. The Kier molecular flexibility index (Phi) is 5.90. The fourth-order valence-corrected chi connectivity index (χ4v) is 2.41. The van der Waals surface area contributed by atoms with Crippen LogP contribution in [0.2, 0.25) is 5.02 Å². The summed E-state index contributed by atoms with van der Waals surface area (Å²) in [5.41, 5.74) is 4.80. The maximum absolute atomic E-state index is 13.7. The van der Waals surface area contributed by atoms with Gasteiger partial charge in [-0.3, -0.25) is 4.79 Å². The zero-order chi connectivity index (χ0) is 16.2. The predicted octanol–water partition coefficient (Wildman–Crippen LogP) is 4.73. The molecule has 0 aromatic heterocycles. The molecule has 0 aliphatic carbocycles. The number of nitrogens with one attached hydrogen (secondary N) is 1. The second kappa shape index (κ2) is 7.03. The Morgan fingerprint density at radius 2 is 2.14 bits per heavy atom. The van der Waals surface area contributed by atoms with Crippen molar-refractivity contribution in [2.24, 2.45) is 11.3 Å². The molecule has 0 spiro atoms. The number of Topliss-reactive ketones (excluding diaryl/α,β-unsaturated/α-hetero) is 1. The van der Waals surface area contributed by atoms with Gasteiger partial charge in [-0.05, 0) is 37.1 Å². The molecule has 0 saturated carbocycles. The van der Waals surface area contributed by atoms with E-state index in [1.165, 1.54) is 12.3 Å². The van der Waals surface area contributed by atoms with Gasteiger partial charge in [0.05, 0.1) is 10.7 Å². The second-order valence-corrected chi connectivity index (χ2v) is 6.49. The normalized spacial score (nSPS) is 14.0. The molecule has 3 N–H and O–H groups in total. The van der Waals surface area contributed by atoms with Crippen LogP contribution in [-0.2, 0) is 0 Å². The van der Waals surface area contributed by atoms with Gasteiger partial charge in [0.1, 0.15) is 5.82 Å². The maximum Gasteiger partial charge on any atom is 0.169 e. The summed E-state index contributed by atoms with van der Waals surface area (Å²) in [4.78, 5) is 12.7. The van der Waals surface area contributed by atoms with Crippen molar-refractivity contribution in [1.29, 1.82) is 5.41 Å². The molecule has 1 rings (SSSR count). The van der Waals surface area contributed by atoms with Crippen LogP contribution >= 0.6 is 11.6 Å². The van der Waals surface area contributed by atoms with Gasteiger partial charge < -0.3 is 11.1 Å². The quantitative estimate of drug-likeness (QED) is 0.434. The van der Waals surface area contributed by atoms with Crippen LogP contribution in [0.4, 0.5) is 10.1 Å². The van der Waals surface area contributed by atoms with Crippen LogP contribution in [-0.4, -0.2) is 12.0 Å². The van der Waals surface area contributed by atoms with E-state index in [1.807, 2.05) is 6.92 Å². The number of anilines is 1. The van der Waals surface area contributed by atoms with E-state index in [9.17, 15) is 9.18 Å². The lowest BCUT2D eigenvalue weighted by Gasteiger charge is -2.27. The Balaban J connectivity index is 3.13. The summed E-state index contributed by atoms with van der Waals surface area (Å²) in [6.45, 7) is 5.97. The van der Waals surface area contributed by atoms with Gasteiger partial charge in [0.2, 0.25) is 0 Å². The minimum atomic E-state index is -0.724. The third-order valence-corrected chi connectivity index (χ3v) is 4.03. The SMILES string of the molecule is CC(C)CC[C@](C)(CC=N)C(=O)c1cc(F)c(N)c(Cl)c1. The van der Waals surface area contributed by atoms with Crippen molar-refractivity contribution >= 4 is 29.3 Å². The van der Waals surface area contributed by atoms with Crippen LogP contribution in [0.25, 0.3) is 0 Å². The fraction of sp³-hybridized carbons (Fsp3) is 0.500. The summed E-state index contributed by atoms with van der Waals surface area (Å²) in [5, 5.41) is 7.36. The molecule has 0 unspecified atom stereocenters. The summed E-state index contributed by atoms with van der Waals surface area (Å²) in [5.74, 6) is -0.436. The average molecular weight is 313 g/mol. The van der Waals surface area contributed by atoms with Crippen LogP contribution in [0.15, 0.2) is 12.1 Å². The zero-order valence-electron chi connectivity index (χ0n) is 12.7. The van der Waals surface area contributed by atoms with E-state index in [1.54, 1.807) is 0 Å². The number of nitrogens with two attached hydrogens (primary N) is 1. The minimum absolute atomic E-state index is 0.0411. The first kappa shape index (κ1) is 17.6. The van der Waals surface area contributed by atoms with Crippen molar-refractivity contribution in [2.45, 2.75) is 40.0 Å². The van der Waals surface area contributed by atoms with Crippen molar-refractivity contribution in [2.75, 3.05) is 5.73 Å². The molecule has 1 aromatic carbocycles. The van der Waals surface area contributed by atoms with E-state index < -0.39 is 11.2 Å². The number of carbonyl (C=O) groups excluding carboxylic acids is 1. The van der Waals surface area contributed by atoms with Gasteiger partial charge in [-0.25, -0.2) is 4.39 Å². The lowest BCUT2D eigenvalue weighted by atomic mass is 9.75. The highest BCUT2D eigenvalue weighted by molar-refractivity contribution is 6.33. The highest BCUT2D eigenvalue weighted by Gasteiger charge is 2.33. The number of halogens is 2. The van der Waals surface area contributed by atoms with Crippen LogP contribution in [0.1, 0.15) is 50.4 Å². The Labute approximate surface area is 130 Å². The van der Waals surface area contributed by atoms with E-state index in [4.69, 9.17) is 22.7 Å². The third-order valence-electron chi connectivity index (χ3n) is 3.72. The van der Waals surface area contributed by atoms with Crippen LogP contribution < -0.4 is 5.73 Å². The van der Waals surface area contributed by atoms with E-state index in [0.29, 0.717) is 18.8 Å². The first-order valence-corrected chi connectivity index (χ1v) is 7.37. The number of carbonyl (C=O) groups is 1. The van der Waals surface area contributed by atoms with Gasteiger partial charge in [0.15, 0.2) is 5.78 Å². The zero-order valence-corrected chi connectivity index (χ0v) is 13.4. The molecule has 1 aromatic rings. The number of ketones is 1. The number of hydrogen-bond acceptors (Lipinski definition) is 3. The monoisotopic (exact) mass is 312 g/mol. The lowest BCUT2D eigenvalue weighted by Crippen LogP contribution is -2.29. The van der Waals surface area contributed by atoms with Crippen LogP contribution in [0.5, 0.6) is 0 Å². The Morgan fingerprint density at radius 1 is 1.52 bits per heavy atom.